The highest BCUT2D eigenvalue weighted by Crippen LogP contribution is 2.31. The number of aromatic nitrogens is 1. The number of nitro groups is 2. The number of nitro benzene ring substituents is 1. The molecule has 0 saturated heterocycles. The molecular weight excluding hydrogens is 546 g/mol. The highest BCUT2D eigenvalue weighted by Gasteiger charge is 2.18. The molecule has 10 nitrogen and oxygen atoms in total. The summed E-state index contributed by atoms with van der Waals surface area (Å²) in [6.07, 6.45) is 4.14. The van der Waals surface area contributed by atoms with Crippen molar-refractivity contribution in [1.29, 1.82) is 0 Å². The van der Waals surface area contributed by atoms with Crippen molar-refractivity contribution >= 4 is 82.8 Å². The van der Waals surface area contributed by atoms with E-state index in [1.165, 1.54) is 66.1 Å². The number of thiazole rings is 1. The number of halogens is 1. The summed E-state index contributed by atoms with van der Waals surface area (Å²) in [6, 6.07) is 14.1. The molecule has 34 heavy (non-hydrogen) atoms. The van der Waals surface area contributed by atoms with Crippen LogP contribution in [0.15, 0.2) is 70.2 Å². The lowest BCUT2D eigenvalue weighted by molar-refractivity contribution is -0.384. The molecule has 1 amide bonds. The molecule has 4 rings (SSSR count). The molecule has 0 unspecified atom stereocenters. The first-order chi connectivity index (χ1) is 16.3. The molecular formula is C21H12BrN5O5S2. The minimum absolute atomic E-state index is 0.0396. The van der Waals surface area contributed by atoms with E-state index in [2.05, 4.69) is 26.0 Å². The van der Waals surface area contributed by atoms with Gasteiger partial charge in [-0.15, -0.1) is 0 Å². The first kappa shape index (κ1) is 23.4. The minimum atomic E-state index is -0.515. The van der Waals surface area contributed by atoms with Crippen LogP contribution in [-0.2, 0) is 4.79 Å². The molecule has 0 N–H and O–H groups in total. The topological polar surface area (TPSA) is 132 Å². The molecule has 0 aliphatic carbocycles. The van der Waals surface area contributed by atoms with E-state index in [-0.39, 0.29) is 10.7 Å². The van der Waals surface area contributed by atoms with Gasteiger partial charge in [0.2, 0.25) is 5.13 Å². The summed E-state index contributed by atoms with van der Waals surface area (Å²) in [4.78, 5) is 38.8. The van der Waals surface area contributed by atoms with E-state index in [9.17, 15) is 25.0 Å². The molecule has 2 aromatic heterocycles. The zero-order valence-electron chi connectivity index (χ0n) is 16.9. The van der Waals surface area contributed by atoms with Crippen LogP contribution >= 0.6 is 38.6 Å². The Balaban J connectivity index is 1.65. The van der Waals surface area contributed by atoms with Crippen LogP contribution in [0.5, 0.6) is 0 Å². The Morgan fingerprint density at radius 2 is 1.79 bits per heavy atom. The predicted molar refractivity (Wildman–Crippen MR) is 136 cm³/mol. The minimum Gasteiger partial charge on any atom is -0.267 e. The third-order valence-electron chi connectivity index (χ3n) is 4.34. The summed E-state index contributed by atoms with van der Waals surface area (Å²) < 4.78 is 1.70. The van der Waals surface area contributed by atoms with E-state index in [4.69, 9.17) is 0 Å². The fraction of sp³-hybridized carbons (Fsp3) is 0. The number of amides is 1. The first-order valence-corrected chi connectivity index (χ1v) is 11.8. The summed E-state index contributed by atoms with van der Waals surface area (Å²) in [6.45, 7) is 0. The lowest BCUT2D eigenvalue weighted by atomic mass is 10.2. The number of non-ortho nitro benzene ring substituents is 1. The molecule has 0 saturated carbocycles. The van der Waals surface area contributed by atoms with Crippen molar-refractivity contribution in [3.8, 4) is 0 Å². The first-order valence-electron chi connectivity index (χ1n) is 9.41. The van der Waals surface area contributed by atoms with Gasteiger partial charge in [-0.1, -0.05) is 38.6 Å². The fourth-order valence-corrected chi connectivity index (χ4v) is 4.92. The standard InChI is InChI=1S/C21H12BrN5O5S2/c22-14-4-8-17-18(11-14)34-21(24-17)25(23-12-16-7-10-20(33-16)27(31)32)19(28)9-3-13-1-5-15(6-2-13)26(29)30/h1-12H/b9-3+,23-12+. The summed E-state index contributed by atoms with van der Waals surface area (Å²) in [5, 5.41) is 27.4. The average molecular weight is 558 g/mol. The van der Waals surface area contributed by atoms with E-state index in [1.54, 1.807) is 6.07 Å². The van der Waals surface area contributed by atoms with Gasteiger partial charge in [-0.25, -0.2) is 4.98 Å². The van der Waals surface area contributed by atoms with Gasteiger partial charge in [-0.05, 0) is 48.0 Å². The monoisotopic (exact) mass is 557 g/mol. The van der Waals surface area contributed by atoms with Crippen molar-refractivity contribution < 1.29 is 14.6 Å². The molecule has 170 valence electrons. The average Bonchev–Trinajstić information content (AvgIpc) is 3.45. The second-order valence-corrected chi connectivity index (χ2v) is 9.64. The molecule has 13 heteroatoms. The van der Waals surface area contributed by atoms with Crippen molar-refractivity contribution in [3.05, 3.63) is 95.8 Å². The Kier molecular flexibility index (Phi) is 6.86. The van der Waals surface area contributed by atoms with Crippen LogP contribution in [-0.4, -0.2) is 27.0 Å². The number of thiophene rings is 1. The maximum absolute atomic E-state index is 13.0. The van der Waals surface area contributed by atoms with Crippen LogP contribution in [0.2, 0.25) is 0 Å². The zero-order chi connectivity index (χ0) is 24.2. The Morgan fingerprint density at radius 3 is 2.47 bits per heavy atom. The second-order valence-electron chi connectivity index (χ2n) is 6.62. The predicted octanol–water partition coefficient (Wildman–Crippen LogP) is 6.02. The van der Waals surface area contributed by atoms with E-state index in [1.807, 2.05) is 12.1 Å². The van der Waals surface area contributed by atoms with Crippen LogP contribution in [0.4, 0.5) is 15.8 Å². The van der Waals surface area contributed by atoms with E-state index < -0.39 is 15.8 Å². The van der Waals surface area contributed by atoms with Crippen LogP contribution in [0.3, 0.4) is 0 Å². The van der Waals surface area contributed by atoms with E-state index >= 15 is 0 Å². The number of hydrogen-bond donors (Lipinski definition) is 0. The number of carbonyl (C=O) groups is 1. The molecule has 4 aromatic rings. The molecule has 0 aliphatic rings. The Morgan fingerprint density at radius 1 is 1.03 bits per heavy atom. The van der Waals surface area contributed by atoms with Crippen molar-refractivity contribution in [2.75, 3.05) is 5.01 Å². The Hall–Kier alpha value is -3.81. The smallest absolute Gasteiger partial charge is 0.267 e. The van der Waals surface area contributed by atoms with Crippen LogP contribution in [0.25, 0.3) is 16.3 Å². The molecule has 0 bridgehead atoms. The molecule has 0 atom stereocenters. The molecule has 2 heterocycles. The number of hydrazone groups is 1. The molecule has 2 aromatic carbocycles. The number of benzene rings is 2. The third kappa shape index (κ3) is 5.39. The van der Waals surface area contributed by atoms with E-state index in [0.717, 1.165) is 25.5 Å². The molecule has 0 radical (unpaired) electrons. The number of fused-ring (bicyclic) bond motifs is 1. The Labute approximate surface area is 207 Å². The van der Waals surface area contributed by atoms with Crippen molar-refractivity contribution in [1.82, 2.24) is 4.98 Å². The number of anilines is 1. The lowest BCUT2D eigenvalue weighted by Crippen LogP contribution is -2.23. The largest absolute Gasteiger partial charge is 0.324 e. The summed E-state index contributed by atoms with van der Waals surface area (Å²) in [5.41, 5.74) is 1.22. The molecule has 0 spiro atoms. The molecule has 0 aliphatic heterocycles. The number of carbonyl (C=O) groups excluding carboxylic acids is 1. The van der Waals surface area contributed by atoms with Crippen molar-refractivity contribution in [2.45, 2.75) is 0 Å². The van der Waals surface area contributed by atoms with Gasteiger partial charge >= 0.3 is 5.00 Å². The van der Waals surface area contributed by atoms with E-state index in [0.29, 0.717) is 21.1 Å². The lowest BCUT2D eigenvalue weighted by Gasteiger charge is -2.10. The van der Waals surface area contributed by atoms with Gasteiger partial charge in [0.05, 0.1) is 31.2 Å². The van der Waals surface area contributed by atoms with Gasteiger partial charge in [0.1, 0.15) is 0 Å². The quantitative estimate of drug-likeness (QED) is 0.118. The van der Waals surface area contributed by atoms with Crippen molar-refractivity contribution in [2.24, 2.45) is 5.10 Å². The van der Waals surface area contributed by atoms with Gasteiger partial charge in [0, 0.05) is 28.7 Å². The van der Waals surface area contributed by atoms with Gasteiger partial charge in [0.15, 0.2) is 0 Å². The third-order valence-corrected chi connectivity index (χ3v) is 6.80. The summed E-state index contributed by atoms with van der Waals surface area (Å²) >= 11 is 5.59. The summed E-state index contributed by atoms with van der Waals surface area (Å²) in [5.74, 6) is -0.515. The second kappa shape index (κ2) is 9.99. The van der Waals surface area contributed by atoms with Gasteiger partial charge in [0.25, 0.3) is 11.6 Å². The maximum Gasteiger partial charge on any atom is 0.324 e. The SMILES string of the molecule is O=C(/C=C/c1ccc([N+](=O)[O-])cc1)N(/N=C/c1ccc([N+](=O)[O-])s1)c1nc2ccc(Br)cc2s1. The van der Waals surface area contributed by atoms with Gasteiger partial charge in [-0.3, -0.25) is 25.0 Å². The maximum atomic E-state index is 13.0. The summed E-state index contributed by atoms with van der Waals surface area (Å²) in [7, 11) is 0. The number of rotatable bonds is 7. The van der Waals surface area contributed by atoms with Crippen molar-refractivity contribution in [3.63, 3.8) is 0 Å². The van der Waals surface area contributed by atoms with Gasteiger partial charge < -0.3 is 0 Å². The molecule has 0 fully saturated rings. The van der Waals surface area contributed by atoms with Gasteiger partial charge in [-0.2, -0.15) is 10.1 Å². The van der Waals surface area contributed by atoms with Crippen LogP contribution in [0, 0.1) is 20.2 Å². The normalized spacial score (nSPS) is 11.4. The number of hydrogen-bond acceptors (Lipinski definition) is 9. The fourth-order valence-electron chi connectivity index (χ4n) is 2.75. The highest BCUT2D eigenvalue weighted by molar-refractivity contribution is 9.10. The number of nitrogens with zero attached hydrogens (tertiary/aromatic N) is 5. The van der Waals surface area contributed by atoms with Crippen LogP contribution < -0.4 is 5.01 Å². The van der Waals surface area contributed by atoms with Crippen LogP contribution in [0.1, 0.15) is 10.4 Å². The Bertz CT molecular complexity index is 1460. The highest BCUT2D eigenvalue weighted by atomic mass is 79.9. The zero-order valence-corrected chi connectivity index (χ0v) is 20.1.